The second kappa shape index (κ2) is 5.57. The number of nitrogens with zero attached hydrogens (tertiary/aromatic N) is 1. The van der Waals surface area contributed by atoms with Crippen LogP contribution in [-0.4, -0.2) is 36.2 Å². The molecule has 1 amide bonds. The van der Waals surface area contributed by atoms with E-state index in [-0.39, 0.29) is 6.09 Å². The van der Waals surface area contributed by atoms with Gasteiger partial charge in [-0.1, -0.05) is 18.2 Å². The monoisotopic (exact) mass is 272 g/mol. The lowest BCUT2D eigenvalue weighted by atomic mass is 9.91. The maximum absolute atomic E-state index is 11.6. The van der Waals surface area contributed by atoms with Gasteiger partial charge in [0.15, 0.2) is 0 Å². The summed E-state index contributed by atoms with van der Waals surface area (Å²) < 4.78 is 4.82. The molecule has 2 aromatic rings. The van der Waals surface area contributed by atoms with Crippen LogP contribution in [0.2, 0.25) is 0 Å². The number of ether oxygens (including phenoxy) is 1. The number of benzene rings is 1. The highest BCUT2D eigenvalue weighted by Gasteiger charge is 2.24. The number of aromatic amines is 1. The summed E-state index contributed by atoms with van der Waals surface area (Å²) in [6, 6.07) is 8.37. The summed E-state index contributed by atoms with van der Waals surface area (Å²) in [7, 11) is 1.45. The lowest BCUT2D eigenvalue weighted by Gasteiger charge is -2.31. The number of H-pyrrole nitrogens is 1. The zero-order valence-corrected chi connectivity index (χ0v) is 11.8. The number of carbonyl (C=O) groups is 1. The van der Waals surface area contributed by atoms with Gasteiger partial charge in [0, 0.05) is 30.2 Å². The Labute approximate surface area is 118 Å². The highest BCUT2D eigenvalue weighted by molar-refractivity contribution is 5.83. The molecule has 1 aromatic heterocycles. The smallest absolute Gasteiger partial charge is 0.409 e. The Balaban J connectivity index is 1.72. The summed E-state index contributed by atoms with van der Waals surface area (Å²) in [5, 5.41) is 1.29. The van der Waals surface area contributed by atoms with Crippen LogP contribution in [0.15, 0.2) is 30.5 Å². The standard InChI is InChI=1S/C16H20N2O2/c1-20-16(19)18-8-4-5-12(11-18)9-13-10-17-15-7-3-2-6-14(13)15/h2-3,6-7,10,12,17H,4-5,8-9,11H2,1H3. The number of rotatable bonds is 2. The minimum Gasteiger partial charge on any atom is -0.453 e. The van der Waals surface area contributed by atoms with Crippen LogP contribution in [0.25, 0.3) is 10.9 Å². The molecular weight excluding hydrogens is 252 g/mol. The molecule has 20 heavy (non-hydrogen) atoms. The summed E-state index contributed by atoms with van der Waals surface area (Å²) in [6.45, 7) is 1.61. The van der Waals surface area contributed by atoms with Crippen molar-refractivity contribution in [2.75, 3.05) is 20.2 Å². The van der Waals surface area contributed by atoms with E-state index < -0.39 is 0 Å². The molecule has 0 aliphatic carbocycles. The van der Waals surface area contributed by atoms with Crippen molar-refractivity contribution in [3.8, 4) is 0 Å². The first-order valence-corrected chi connectivity index (χ1v) is 7.16. The average Bonchev–Trinajstić information content (AvgIpc) is 2.90. The fourth-order valence-electron chi connectivity index (χ4n) is 3.14. The van der Waals surface area contributed by atoms with E-state index in [0.29, 0.717) is 5.92 Å². The highest BCUT2D eigenvalue weighted by Crippen LogP contribution is 2.25. The van der Waals surface area contributed by atoms with Crippen LogP contribution in [0, 0.1) is 5.92 Å². The van der Waals surface area contributed by atoms with Gasteiger partial charge in [-0.25, -0.2) is 4.79 Å². The van der Waals surface area contributed by atoms with Gasteiger partial charge in [-0.3, -0.25) is 0 Å². The molecule has 4 heteroatoms. The number of para-hydroxylation sites is 1. The molecule has 4 nitrogen and oxygen atoms in total. The third-order valence-electron chi connectivity index (χ3n) is 4.14. The number of fused-ring (bicyclic) bond motifs is 1. The van der Waals surface area contributed by atoms with E-state index in [9.17, 15) is 4.79 Å². The van der Waals surface area contributed by atoms with Crippen molar-refractivity contribution in [2.24, 2.45) is 5.92 Å². The van der Waals surface area contributed by atoms with Gasteiger partial charge in [0.1, 0.15) is 0 Å². The molecule has 0 spiro atoms. The van der Waals surface area contributed by atoms with Gasteiger partial charge in [-0.2, -0.15) is 0 Å². The first-order valence-electron chi connectivity index (χ1n) is 7.16. The van der Waals surface area contributed by atoms with Gasteiger partial charge in [-0.05, 0) is 36.8 Å². The fraction of sp³-hybridized carbons (Fsp3) is 0.438. The van der Waals surface area contributed by atoms with E-state index in [1.165, 1.54) is 30.0 Å². The molecule has 0 bridgehead atoms. The van der Waals surface area contributed by atoms with E-state index in [0.717, 1.165) is 25.9 Å². The van der Waals surface area contributed by atoms with Crippen LogP contribution in [-0.2, 0) is 11.2 Å². The molecule has 0 radical (unpaired) electrons. The molecule has 0 saturated carbocycles. The van der Waals surface area contributed by atoms with Gasteiger partial charge in [0.25, 0.3) is 0 Å². The molecule has 1 unspecified atom stereocenters. The fourth-order valence-corrected chi connectivity index (χ4v) is 3.14. The molecular formula is C16H20N2O2. The first kappa shape index (κ1) is 13.0. The van der Waals surface area contributed by atoms with Crippen LogP contribution in [0.1, 0.15) is 18.4 Å². The first-order chi connectivity index (χ1) is 9.78. The molecule has 1 saturated heterocycles. The normalized spacial score (nSPS) is 19.2. The number of nitrogens with one attached hydrogen (secondary N) is 1. The predicted molar refractivity (Wildman–Crippen MR) is 78.7 cm³/mol. The second-order valence-corrected chi connectivity index (χ2v) is 5.49. The van der Waals surface area contributed by atoms with Gasteiger partial charge in [-0.15, -0.1) is 0 Å². The topological polar surface area (TPSA) is 45.3 Å². The van der Waals surface area contributed by atoms with Crippen molar-refractivity contribution < 1.29 is 9.53 Å². The largest absolute Gasteiger partial charge is 0.453 e. The summed E-state index contributed by atoms with van der Waals surface area (Å²) >= 11 is 0. The molecule has 1 aliphatic rings. The third-order valence-corrected chi connectivity index (χ3v) is 4.14. The molecule has 1 N–H and O–H groups in total. The maximum Gasteiger partial charge on any atom is 0.409 e. The quantitative estimate of drug-likeness (QED) is 0.912. The van der Waals surface area contributed by atoms with Gasteiger partial charge >= 0.3 is 6.09 Å². The molecule has 2 heterocycles. The lowest BCUT2D eigenvalue weighted by molar-refractivity contribution is 0.102. The Kier molecular flexibility index (Phi) is 3.63. The van der Waals surface area contributed by atoms with E-state index in [4.69, 9.17) is 4.74 Å². The molecule has 1 fully saturated rings. The van der Waals surface area contributed by atoms with E-state index in [1.807, 2.05) is 11.0 Å². The Hall–Kier alpha value is -1.97. The molecule has 106 valence electrons. The Morgan fingerprint density at radius 3 is 3.15 bits per heavy atom. The molecule has 3 rings (SSSR count). The zero-order chi connectivity index (χ0) is 13.9. The SMILES string of the molecule is COC(=O)N1CCCC(Cc2c[nH]c3ccccc23)C1. The van der Waals surface area contributed by atoms with Crippen molar-refractivity contribution in [1.82, 2.24) is 9.88 Å². The van der Waals surface area contributed by atoms with Crippen LogP contribution in [0.3, 0.4) is 0 Å². The summed E-state index contributed by atoms with van der Waals surface area (Å²) in [5.74, 6) is 0.516. The molecule has 1 aromatic carbocycles. The lowest BCUT2D eigenvalue weighted by Crippen LogP contribution is -2.40. The summed E-state index contributed by atoms with van der Waals surface area (Å²) in [5.41, 5.74) is 2.53. The van der Waals surface area contributed by atoms with Crippen LogP contribution in [0.4, 0.5) is 4.79 Å². The number of hydrogen-bond donors (Lipinski definition) is 1. The van der Waals surface area contributed by atoms with Crippen molar-refractivity contribution in [3.05, 3.63) is 36.0 Å². The van der Waals surface area contributed by atoms with Crippen LogP contribution in [0.5, 0.6) is 0 Å². The van der Waals surface area contributed by atoms with Gasteiger partial charge in [0.05, 0.1) is 7.11 Å². The highest BCUT2D eigenvalue weighted by atomic mass is 16.5. The van der Waals surface area contributed by atoms with Crippen molar-refractivity contribution in [1.29, 1.82) is 0 Å². The molecule has 1 aliphatic heterocycles. The van der Waals surface area contributed by atoms with Gasteiger partial charge < -0.3 is 14.6 Å². The maximum atomic E-state index is 11.6. The number of carbonyl (C=O) groups excluding carboxylic acids is 1. The summed E-state index contributed by atoms with van der Waals surface area (Å²) in [4.78, 5) is 16.8. The number of amides is 1. The Morgan fingerprint density at radius 1 is 1.45 bits per heavy atom. The number of hydrogen-bond acceptors (Lipinski definition) is 2. The van der Waals surface area contributed by atoms with Crippen molar-refractivity contribution in [2.45, 2.75) is 19.3 Å². The number of likely N-dealkylation sites (tertiary alicyclic amines) is 1. The molecule has 1 atom stereocenters. The number of methoxy groups -OCH3 is 1. The average molecular weight is 272 g/mol. The predicted octanol–water partition coefficient (Wildman–Crippen LogP) is 3.19. The summed E-state index contributed by atoms with van der Waals surface area (Å²) in [6.07, 6.45) is 5.14. The third kappa shape index (κ3) is 2.50. The van der Waals surface area contributed by atoms with E-state index >= 15 is 0 Å². The van der Waals surface area contributed by atoms with Gasteiger partial charge in [0.2, 0.25) is 0 Å². The minimum atomic E-state index is -0.200. The van der Waals surface area contributed by atoms with Crippen LogP contribution >= 0.6 is 0 Å². The van der Waals surface area contributed by atoms with Crippen LogP contribution < -0.4 is 0 Å². The van der Waals surface area contributed by atoms with E-state index in [1.54, 1.807) is 0 Å². The Bertz CT molecular complexity index is 605. The Morgan fingerprint density at radius 2 is 2.30 bits per heavy atom. The number of aromatic nitrogens is 1. The number of piperidine rings is 1. The second-order valence-electron chi connectivity index (χ2n) is 5.49. The van der Waals surface area contributed by atoms with E-state index in [2.05, 4.69) is 29.4 Å². The zero-order valence-electron chi connectivity index (χ0n) is 11.8. The van der Waals surface area contributed by atoms with Crippen molar-refractivity contribution >= 4 is 17.0 Å². The van der Waals surface area contributed by atoms with Crippen molar-refractivity contribution in [3.63, 3.8) is 0 Å². The minimum absolute atomic E-state index is 0.200.